The molecule has 1 saturated carbocycles. The van der Waals surface area contributed by atoms with E-state index in [4.69, 9.17) is 4.74 Å². The summed E-state index contributed by atoms with van der Waals surface area (Å²) in [6.45, 7) is 4.05. The molecule has 0 bridgehead atoms. The Morgan fingerprint density at radius 3 is 2.85 bits per heavy atom. The largest absolute Gasteiger partial charge is 0.456 e. The van der Waals surface area contributed by atoms with Crippen LogP contribution in [-0.4, -0.2) is 35.7 Å². The molecular weight excluding hydrogens is 364 g/mol. The molecule has 0 saturated heterocycles. The summed E-state index contributed by atoms with van der Waals surface area (Å²) in [5, 5.41) is 5.23. The second-order valence-corrected chi connectivity index (χ2v) is 8.64. The predicted octanol–water partition coefficient (Wildman–Crippen LogP) is 2.97. The van der Waals surface area contributed by atoms with Crippen LogP contribution in [0.2, 0.25) is 0 Å². The van der Waals surface area contributed by atoms with Crippen LogP contribution in [0.1, 0.15) is 39.5 Å². The maximum atomic E-state index is 12.1. The Labute approximate surface area is 163 Å². The average Bonchev–Trinajstić information content (AvgIpc) is 2.64. The second-order valence-electron chi connectivity index (χ2n) is 7.40. The van der Waals surface area contributed by atoms with E-state index in [0.29, 0.717) is 11.8 Å². The number of carbonyl (C=O) groups excluding carboxylic acids is 3. The third-order valence-corrected chi connectivity index (χ3v) is 6.75. The topological polar surface area (TPSA) is 84.5 Å². The quantitative estimate of drug-likeness (QED) is 0.755. The summed E-state index contributed by atoms with van der Waals surface area (Å²) >= 11 is 1.34. The first-order valence-corrected chi connectivity index (χ1v) is 10.3. The van der Waals surface area contributed by atoms with Crippen molar-refractivity contribution in [3.63, 3.8) is 0 Å². The molecule has 2 N–H and O–H groups in total. The number of nitrogens with one attached hydrogen (secondary N) is 2. The molecule has 0 aromatic heterocycles. The Balaban J connectivity index is 1.44. The number of hydrogen-bond acceptors (Lipinski definition) is 5. The number of ether oxygens (including phenoxy) is 1. The Morgan fingerprint density at radius 1 is 1.26 bits per heavy atom. The molecule has 4 atom stereocenters. The van der Waals surface area contributed by atoms with E-state index < -0.39 is 11.2 Å². The standard InChI is InChI=1S/C20H26N2O4S/c1-12-6-5-8-14(13(12)2)21-18(23)11-26-19(24)10-17-20(25)22-15-7-3-4-9-16(15)27-17/h3-4,7,9,12-14,17H,5-6,8,10-11H2,1-2H3,(H,21,23)(H,22,25)/t12-,13-,14+,17-/m1/s1. The summed E-state index contributed by atoms with van der Waals surface area (Å²) in [4.78, 5) is 37.3. The number of thioether (sulfide) groups is 1. The third-order valence-electron chi connectivity index (χ3n) is 5.48. The van der Waals surface area contributed by atoms with Gasteiger partial charge in [0.15, 0.2) is 6.61 Å². The Morgan fingerprint density at radius 2 is 2.04 bits per heavy atom. The van der Waals surface area contributed by atoms with Crippen molar-refractivity contribution in [2.45, 2.75) is 55.7 Å². The summed E-state index contributed by atoms with van der Waals surface area (Å²) in [7, 11) is 0. The Hall–Kier alpha value is -2.02. The fourth-order valence-corrected chi connectivity index (χ4v) is 4.71. The average molecular weight is 391 g/mol. The van der Waals surface area contributed by atoms with Crippen molar-refractivity contribution in [2.75, 3.05) is 11.9 Å². The monoisotopic (exact) mass is 390 g/mol. The van der Waals surface area contributed by atoms with Crippen molar-refractivity contribution in [2.24, 2.45) is 11.8 Å². The van der Waals surface area contributed by atoms with E-state index in [9.17, 15) is 14.4 Å². The molecule has 1 aliphatic carbocycles. The summed E-state index contributed by atoms with van der Waals surface area (Å²) in [5.41, 5.74) is 0.757. The van der Waals surface area contributed by atoms with Crippen molar-refractivity contribution in [1.29, 1.82) is 0 Å². The molecule has 2 aliphatic rings. The van der Waals surface area contributed by atoms with Gasteiger partial charge in [0.05, 0.1) is 17.4 Å². The minimum Gasteiger partial charge on any atom is -0.456 e. The van der Waals surface area contributed by atoms with E-state index in [1.165, 1.54) is 18.2 Å². The van der Waals surface area contributed by atoms with Gasteiger partial charge in [0.1, 0.15) is 0 Å². The van der Waals surface area contributed by atoms with Gasteiger partial charge >= 0.3 is 5.97 Å². The minimum absolute atomic E-state index is 0.0605. The van der Waals surface area contributed by atoms with Crippen molar-refractivity contribution < 1.29 is 19.1 Å². The van der Waals surface area contributed by atoms with Crippen LogP contribution in [0.4, 0.5) is 5.69 Å². The number of fused-ring (bicyclic) bond motifs is 1. The molecule has 0 unspecified atom stereocenters. The number of anilines is 1. The number of carbonyl (C=O) groups is 3. The van der Waals surface area contributed by atoms with Crippen LogP contribution in [0.25, 0.3) is 0 Å². The number of amides is 2. The van der Waals surface area contributed by atoms with Gasteiger partial charge in [-0.1, -0.05) is 38.8 Å². The number of esters is 1. The molecule has 1 heterocycles. The molecule has 0 radical (unpaired) electrons. The lowest BCUT2D eigenvalue weighted by Crippen LogP contribution is -2.45. The molecule has 1 fully saturated rings. The first kappa shape index (κ1) is 19.7. The van der Waals surface area contributed by atoms with Crippen LogP contribution in [0.3, 0.4) is 0 Å². The van der Waals surface area contributed by atoms with Crippen LogP contribution in [0, 0.1) is 11.8 Å². The summed E-state index contributed by atoms with van der Waals surface area (Å²) in [6.07, 6.45) is 3.19. The van der Waals surface area contributed by atoms with Crippen LogP contribution in [0.15, 0.2) is 29.2 Å². The number of hydrogen-bond donors (Lipinski definition) is 2. The molecule has 0 spiro atoms. The third kappa shape index (κ3) is 5.03. The maximum Gasteiger partial charge on any atom is 0.307 e. The van der Waals surface area contributed by atoms with Gasteiger partial charge in [-0.2, -0.15) is 0 Å². The lowest BCUT2D eigenvalue weighted by atomic mass is 9.78. The molecule has 1 aliphatic heterocycles. The van der Waals surface area contributed by atoms with Crippen molar-refractivity contribution in [1.82, 2.24) is 5.32 Å². The van der Waals surface area contributed by atoms with E-state index in [2.05, 4.69) is 24.5 Å². The van der Waals surface area contributed by atoms with Gasteiger partial charge < -0.3 is 15.4 Å². The van der Waals surface area contributed by atoms with Gasteiger partial charge in [0.25, 0.3) is 5.91 Å². The summed E-state index contributed by atoms with van der Waals surface area (Å²) < 4.78 is 5.10. The van der Waals surface area contributed by atoms with E-state index in [0.717, 1.165) is 23.4 Å². The van der Waals surface area contributed by atoms with Gasteiger partial charge in [-0.25, -0.2) is 0 Å². The highest BCUT2D eigenvalue weighted by molar-refractivity contribution is 8.01. The molecule has 146 valence electrons. The van der Waals surface area contributed by atoms with Gasteiger partial charge in [-0.05, 0) is 30.4 Å². The summed E-state index contributed by atoms with van der Waals surface area (Å²) in [6, 6.07) is 7.59. The normalized spacial score (nSPS) is 27.3. The zero-order valence-electron chi connectivity index (χ0n) is 15.7. The summed E-state index contributed by atoms with van der Waals surface area (Å²) in [5.74, 6) is -0.0372. The highest BCUT2D eigenvalue weighted by atomic mass is 32.2. The molecule has 1 aromatic rings. The molecule has 1 aromatic carbocycles. The zero-order chi connectivity index (χ0) is 19.4. The Kier molecular flexibility index (Phi) is 6.42. The predicted molar refractivity (Wildman–Crippen MR) is 104 cm³/mol. The van der Waals surface area contributed by atoms with E-state index in [1.807, 2.05) is 24.3 Å². The molecule has 27 heavy (non-hydrogen) atoms. The van der Waals surface area contributed by atoms with Crippen LogP contribution in [-0.2, 0) is 19.1 Å². The molecular formula is C20H26N2O4S. The van der Waals surface area contributed by atoms with Gasteiger partial charge in [0.2, 0.25) is 5.91 Å². The van der Waals surface area contributed by atoms with E-state index in [1.54, 1.807) is 0 Å². The molecule has 6 nitrogen and oxygen atoms in total. The SMILES string of the molecule is C[C@@H]1[C@H](C)CCC[C@@H]1NC(=O)COC(=O)C[C@H]1Sc2ccccc2NC1=O. The highest BCUT2D eigenvalue weighted by Gasteiger charge is 2.30. The first-order valence-electron chi connectivity index (χ1n) is 9.45. The lowest BCUT2D eigenvalue weighted by molar-refractivity contribution is -0.149. The van der Waals surface area contributed by atoms with E-state index >= 15 is 0 Å². The van der Waals surface area contributed by atoms with Crippen LogP contribution >= 0.6 is 11.8 Å². The first-order chi connectivity index (χ1) is 12.9. The molecule has 3 rings (SSSR count). The molecule has 2 amide bonds. The molecule has 7 heteroatoms. The van der Waals surface area contributed by atoms with Gasteiger partial charge in [0, 0.05) is 10.9 Å². The number of benzene rings is 1. The number of para-hydroxylation sites is 1. The van der Waals surface area contributed by atoms with Gasteiger partial charge in [-0.3, -0.25) is 14.4 Å². The fraction of sp³-hybridized carbons (Fsp3) is 0.550. The van der Waals surface area contributed by atoms with Crippen molar-refractivity contribution >= 4 is 35.2 Å². The van der Waals surface area contributed by atoms with Crippen molar-refractivity contribution in [3.8, 4) is 0 Å². The second kappa shape index (κ2) is 8.78. The lowest BCUT2D eigenvalue weighted by Gasteiger charge is -2.34. The van der Waals surface area contributed by atoms with Crippen molar-refractivity contribution in [3.05, 3.63) is 24.3 Å². The fourth-order valence-electron chi connectivity index (χ4n) is 3.62. The number of rotatable bonds is 5. The van der Waals surface area contributed by atoms with Gasteiger partial charge in [-0.15, -0.1) is 11.8 Å². The maximum absolute atomic E-state index is 12.1. The van der Waals surface area contributed by atoms with Crippen LogP contribution < -0.4 is 10.6 Å². The van der Waals surface area contributed by atoms with E-state index in [-0.39, 0.29) is 30.9 Å². The van der Waals surface area contributed by atoms with Crippen LogP contribution in [0.5, 0.6) is 0 Å². The Bertz CT molecular complexity index is 724. The highest BCUT2D eigenvalue weighted by Crippen LogP contribution is 2.36. The smallest absolute Gasteiger partial charge is 0.307 e. The zero-order valence-corrected chi connectivity index (χ0v) is 16.5. The minimum atomic E-state index is -0.547.